The van der Waals surface area contributed by atoms with Crippen LogP contribution >= 0.6 is 11.6 Å². The van der Waals surface area contributed by atoms with Gasteiger partial charge in [-0.3, -0.25) is 0 Å². The Labute approximate surface area is 85.9 Å². The van der Waals surface area contributed by atoms with Gasteiger partial charge in [0.2, 0.25) is 0 Å². The Balaban J connectivity index is 3.10. The molecule has 0 N–H and O–H groups in total. The second-order valence-electron chi connectivity index (χ2n) is 4.20. The Morgan fingerprint density at radius 2 is 1.92 bits per heavy atom. The molecular weight excluding hydrogens is 180 g/mol. The summed E-state index contributed by atoms with van der Waals surface area (Å²) in [6, 6.07) is 6.35. The third kappa shape index (κ3) is 2.25. The minimum Gasteiger partial charge on any atom is -0.0840 e. The van der Waals surface area contributed by atoms with Crippen molar-refractivity contribution in [1.29, 1.82) is 0 Å². The third-order valence-electron chi connectivity index (χ3n) is 2.84. The molecule has 72 valence electrons. The van der Waals surface area contributed by atoms with E-state index in [1.165, 1.54) is 5.56 Å². The van der Waals surface area contributed by atoms with Crippen molar-refractivity contribution in [3.63, 3.8) is 0 Å². The van der Waals surface area contributed by atoms with Crippen LogP contribution in [0.2, 0.25) is 5.02 Å². The summed E-state index contributed by atoms with van der Waals surface area (Å²) in [6.07, 6.45) is 1.13. The molecule has 0 amide bonds. The maximum absolute atomic E-state index is 6.08. The van der Waals surface area contributed by atoms with E-state index in [0.29, 0.717) is 0 Å². The van der Waals surface area contributed by atoms with Crippen LogP contribution in [0.15, 0.2) is 18.2 Å². The number of hydrogen-bond acceptors (Lipinski definition) is 0. The zero-order chi connectivity index (χ0) is 10.1. The molecule has 0 saturated carbocycles. The summed E-state index contributed by atoms with van der Waals surface area (Å²) in [5.41, 5.74) is 2.71. The molecule has 0 aliphatic heterocycles. The molecule has 0 nitrogen and oxygen atoms in total. The van der Waals surface area contributed by atoms with E-state index in [9.17, 15) is 0 Å². The molecule has 0 saturated heterocycles. The summed E-state index contributed by atoms with van der Waals surface area (Å²) in [6.45, 7) is 8.72. The minimum absolute atomic E-state index is 0.233. The maximum atomic E-state index is 6.08. The van der Waals surface area contributed by atoms with Gasteiger partial charge in [-0.15, -0.1) is 0 Å². The molecule has 0 heterocycles. The first-order valence-corrected chi connectivity index (χ1v) is 5.12. The Morgan fingerprint density at radius 1 is 1.31 bits per heavy atom. The van der Waals surface area contributed by atoms with Gasteiger partial charge >= 0.3 is 0 Å². The van der Waals surface area contributed by atoms with Crippen LogP contribution in [0.3, 0.4) is 0 Å². The predicted molar refractivity (Wildman–Crippen MR) is 59.5 cm³/mol. The van der Waals surface area contributed by atoms with E-state index < -0.39 is 0 Å². The smallest absolute Gasteiger partial charge is 0.0438 e. The Hall–Kier alpha value is -0.490. The lowest BCUT2D eigenvalue weighted by molar-refractivity contribution is 0.506. The van der Waals surface area contributed by atoms with Crippen molar-refractivity contribution in [3.8, 4) is 0 Å². The Bertz CT molecular complexity index is 300. The zero-order valence-electron chi connectivity index (χ0n) is 8.82. The van der Waals surface area contributed by atoms with E-state index in [-0.39, 0.29) is 5.41 Å². The van der Waals surface area contributed by atoms with Crippen LogP contribution in [0.25, 0.3) is 0 Å². The van der Waals surface area contributed by atoms with Gasteiger partial charge < -0.3 is 0 Å². The van der Waals surface area contributed by atoms with Gasteiger partial charge in [0.15, 0.2) is 0 Å². The van der Waals surface area contributed by atoms with Gasteiger partial charge in [-0.1, -0.05) is 44.5 Å². The second-order valence-corrected chi connectivity index (χ2v) is 4.61. The highest BCUT2D eigenvalue weighted by Gasteiger charge is 2.18. The van der Waals surface area contributed by atoms with Gasteiger partial charge in [-0.25, -0.2) is 0 Å². The molecule has 0 radical (unpaired) electrons. The van der Waals surface area contributed by atoms with Crippen molar-refractivity contribution in [2.75, 3.05) is 0 Å². The SMILES string of the molecule is CCC(C)(C)c1ccc(C)c(Cl)c1. The first-order chi connectivity index (χ1) is 5.97. The molecule has 0 unspecified atom stereocenters. The van der Waals surface area contributed by atoms with Crippen molar-refractivity contribution in [2.24, 2.45) is 0 Å². The molecule has 0 aliphatic rings. The fourth-order valence-corrected chi connectivity index (χ4v) is 1.40. The first-order valence-electron chi connectivity index (χ1n) is 4.74. The van der Waals surface area contributed by atoms with Crippen LogP contribution in [-0.2, 0) is 5.41 Å². The van der Waals surface area contributed by atoms with Gasteiger partial charge in [-0.05, 0) is 36.0 Å². The van der Waals surface area contributed by atoms with E-state index in [1.807, 2.05) is 6.92 Å². The van der Waals surface area contributed by atoms with Crippen LogP contribution in [0.1, 0.15) is 38.3 Å². The fourth-order valence-electron chi connectivity index (χ4n) is 1.22. The zero-order valence-corrected chi connectivity index (χ0v) is 9.57. The molecule has 0 atom stereocenters. The predicted octanol–water partition coefficient (Wildman–Crippen LogP) is 4.34. The van der Waals surface area contributed by atoms with Gasteiger partial charge in [0, 0.05) is 5.02 Å². The monoisotopic (exact) mass is 196 g/mol. The van der Waals surface area contributed by atoms with Crippen LogP contribution in [0.4, 0.5) is 0 Å². The lowest BCUT2D eigenvalue weighted by atomic mass is 9.82. The van der Waals surface area contributed by atoms with E-state index in [1.54, 1.807) is 0 Å². The second kappa shape index (κ2) is 3.71. The van der Waals surface area contributed by atoms with E-state index in [2.05, 4.69) is 39.0 Å². The number of halogens is 1. The van der Waals surface area contributed by atoms with Crippen molar-refractivity contribution >= 4 is 11.6 Å². The molecule has 1 aromatic carbocycles. The highest BCUT2D eigenvalue weighted by Crippen LogP contribution is 2.29. The van der Waals surface area contributed by atoms with E-state index >= 15 is 0 Å². The van der Waals surface area contributed by atoms with Crippen molar-refractivity contribution < 1.29 is 0 Å². The average Bonchev–Trinajstić information content (AvgIpc) is 2.09. The lowest BCUT2D eigenvalue weighted by Gasteiger charge is -2.23. The summed E-state index contributed by atoms with van der Waals surface area (Å²) in [4.78, 5) is 0. The fraction of sp³-hybridized carbons (Fsp3) is 0.500. The largest absolute Gasteiger partial charge is 0.0840 e. The number of benzene rings is 1. The molecule has 13 heavy (non-hydrogen) atoms. The average molecular weight is 197 g/mol. The van der Waals surface area contributed by atoms with Crippen molar-refractivity contribution in [1.82, 2.24) is 0 Å². The summed E-state index contributed by atoms with van der Waals surface area (Å²) in [7, 11) is 0. The van der Waals surface area contributed by atoms with E-state index in [0.717, 1.165) is 17.0 Å². The Kier molecular flexibility index (Phi) is 3.02. The van der Waals surface area contributed by atoms with Crippen LogP contribution in [0.5, 0.6) is 0 Å². The molecule has 0 bridgehead atoms. The van der Waals surface area contributed by atoms with Gasteiger partial charge in [0.25, 0.3) is 0 Å². The highest BCUT2D eigenvalue weighted by atomic mass is 35.5. The summed E-state index contributed by atoms with van der Waals surface area (Å²) >= 11 is 6.08. The van der Waals surface area contributed by atoms with Gasteiger partial charge in [-0.2, -0.15) is 0 Å². The van der Waals surface area contributed by atoms with Crippen LogP contribution in [-0.4, -0.2) is 0 Å². The summed E-state index contributed by atoms with van der Waals surface area (Å²) in [5, 5.41) is 0.874. The van der Waals surface area contributed by atoms with Gasteiger partial charge in [0.1, 0.15) is 0 Å². The molecular formula is C12H17Cl. The maximum Gasteiger partial charge on any atom is 0.0438 e. The quantitative estimate of drug-likeness (QED) is 0.661. The molecule has 0 spiro atoms. The molecule has 0 aliphatic carbocycles. The summed E-state index contributed by atoms with van der Waals surface area (Å²) < 4.78 is 0. The lowest BCUT2D eigenvalue weighted by Crippen LogP contribution is -2.15. The molecule has 1 heteroatoms. The molecule has 0 aromatic heterocycles. The minimum atomic E-state index is 0.233. The first kappa shape index (κ1) is 10.6. The van der Waals surface area contributed by atoms with Crippen LogP contribution < -0.4 is 0 Å². The highest BCUT2D eigenvalue weighted by molar-refractivity contribution is 6.31. The summed E-state index contributed by atoms with van der Waals surface area (Å²) in [5.74, 6) is 0. The standard InChI is InChI=1S/C12H17Cl/c1-5-12(3,4)10-7-6-9(2)11(13)8-10/h6-8H,5H2,1-4H3. The molecule has 1 aromatic rings. The third-order valence-corrected chi connectivity index (χ3v) is 3.24. The normalized spacial score (nSPS) is 11.8. The number of aryl methyl sites for hydroxylation is 1. The molecule has 1 rings (SSSR count). The number of hydrogen-bond donors (Lipinski definition) is 0. The topological polar surface area (TPSA) is 0 Å². The van der Waals surface area contributed by atoms with Crippen molar-refractivity contribution in [3.05, 3.63) is 34.3 Å². The Morgan fingerprint density at radius 3 is 2.38 bits per heavy atom. The van der Waals surface area contributed by atoms with Crippen LogP contribution in [0, 0.1) is 6.92 Å². The van der Waals surface area contributed by atoms with Gasteiger partial charge in [0.05, 0.1) is 0 Å². The molecule has 0 fully saturated rings. The van der Waals surface area contributed by atoms with Crippen molar-refractivity contribution in [2.45, 2.75) is 39.5 Å². The number of rotatable bonds is 2. The van der Waals surface area contributed by atoms with E-state index in [4.69, 9.17) is 11.6 Å².